The van der Waals surface area contributed by atoms with Gasteiger partial charge in [0.25, 0.3) is 0 Å². The van der Waals surface area contributed by atoms with Gasteiger partial charge in [-0.25, -0.2) is 0 Å². The van der Waals surface area contributed by atoms with E-state index in [1.54, 1.807) is 19.2 Å². The van der Waals surface area contributed by atoms with Crippen molar-refractivity contribution in [2.45, 2.75) is 12.5 Å². The van der Waals surface area contributed by atoms with E-state index in [0.29, 0.717) is 6.42 Å². The number of ether oxygens (including phenoxy) is 1. The highest BCUT2D eigenvalue weighted by Crippen LogP contribution is 2.25. The standard InChI is InChI=1S/C10H11NO2/c1-13-7-2-3-8-6(4-7)5-9(11)10(8)12/h2-4,9H,5,11H2,1H3. The highest BCUT2D eigenvalue weighted by molar-refractivity contribution is 6.04. The maximum atomic E-state index is 11.4. The molecule has 0 heterocycles. The van der Waals surface area contributed by atoms with Gasteiger partial charge < -0.3 is 10.5 Å². The summed E-state index contributed by atoms with van der Waals surface area (Å²) in [4.78, 5) is 11.4. The molecule has 0 saturated carbocycles. The van der Waals surface area contributed by atoms with Gasteiger partial charge in [-0.15, -0.1) is 0 Å². The molecule has 0 saturated heterocycles. The molecule has 68 valence electrons. The zero-order valence-electron chi connectivity index (χ0n) is 7.41. The largest absolute Gasteiger partial charge is 0.497 e. The monoisotopic (exact) mass is 177 g/mol. The Balaban J connectivity index is 2.46. The van der Waals surface area contributed by atoms with E-state index < -0.39 is 0 Å². The highest BCUT2D eigenvalue weighted by Gasteiger charge is 2.27. The number of carbonyl (C=O) groups excluding carboxylic acids is 1. The van der Waals surface area contributed by atoms with E-state index in [0.717, 1.165) is 16.9 Å². The van der Waals surface area contributed by atoms with Crippen LogP contribution in [0.4, 0.5) is 0 Å². The molecule has 1 aliphatic rings. The Hall–Kier alpha value is -1.35. The molecule has 1 aliphatic carbocycles. The van der Waals surface area contributed by atoms with Gasteiger partial charge in [-0.2, -0.15) is 0 Å². The molecule has 0 aromatic heterocycles. The lowest BCUT2D eigenvalue weighted by Gasteiger charge is -2.01. The molecule has 1 aromatic carbocycles. The van der Waals surface area contributed by atoms with E-state index in [1.165, 1.54) is 0 Å². The Bertz CT molecular complexity index is 360. The van der Waals surface area contributed by atoms with Crippen molar-refractivity contribution in [2.24, 2.45) is 5.73 Å². The van der Waals surface area contributed by atoms with Crippen LogP contribution in [-0.2, 0) is 6.42 Å². The fourth-order valence-corrected chi connectivity index (χ4v) is 1.64. The van der Waals surface area contributed by atoms with Crippen LogP contribution < -0.4 is 10.5 Å². The average Bonchev–Trinajstić information content (AvgIpc) is 2.42. The van der Waals surface area contributed by atoms with Crippen LogP contribution in [0.25, 0.3) is 0 Å². The van der Waals surface area contributed by atoms with Gasteiger partial charge >= 0.3 is 0 Å². The van der Waals surface area contributed by atoms with Gasteiger partial charge in [0.2, 0.25) is 0 Å². The van der Waals surface area contributed by atoms with E-state index in [4.69, 9.17) is 10.5 Å². The summed E-state index contributed by atoms with van der Waals surface area (Å²) in [6.45, 7) is 0. The molecule has 2 rings (SSSR count). The van der Waals surface area contributed by atoms with Crippen molar-refractivity contribution < 1.29 is 9.53 Å². The SMILES string of the molecule is COc1ccc2c(c1)CC(N)C2=O. The number of ketones is 1. The summed E-state index contributed by atoms with van der Waals surface area (Å²) in [5.74, 6) is 0.818. The smallest absolute Gasteiger partial charge is 0.180 e. The zero-order valence-corrected chi connectivity index (χ0v) is 7.41. The van der Waals surface area contributed by atoms with Crippen LogP contribution in [0.15, 0.2) is 18.2 Å². The highest BCUT2D eigenvalue weighted by atomic mass is 16.5. The second-order valence-electron chi connectivity index (χ2n) is 3.20. The Morgan fingerprint density at radius 2 is 2.31 bits per heavy atom. The molecule has 0 aliphatic heterocycles. The normalized spacial score (nSPS) is 20.2. The maximum Gasteiger partial charge on any atom is 0.180 e. The molecule has 0 radical (unpaired) electrons. The fourth-order valence-electron chi connectivity index (χ4n) is 1.64. The molecule has 1 atom stereocenters. The Morgan fingerprint density at radius 3 is 3.00 bits per heavy atom. The molecule has 0 amide bonds. The Kier molecular flexibility index (Phi) is 1.81. The minimum absolute atomic E-state index is 0.0395. The van der Waals surface area contributed by atoms with E-state index >= 15 is 0 Å². The topological polar surface area (TPSA) is 52.3 Å². The molecule has 3 nitrogen and oxygen atoms in total. The van der Waals surface area contributed by atoms with Crippen LogP contribution >= 0.6 is 0 Å². The maximum absolute atomic E-state index is 11.4. The zero-order chi connectivity index (χ0) is 9.42. The second-order valence-corrected chi connectivity index (χ2v) is 3.20. The van der Waals surface area contributed by atoms with Gasteiger partial charge in [0.1, 0.15) is 5.75 Å². The van der Waals surface area contributed by atoms with Crippen molar-refractivity contribution in [2.75, 3.05) is 7.11 Å². The van der Waals surface area contributed by atoms with E-state index in [-0.39, 0.29) is 11.8 Å². The molecule has 1 unspecified atom stereocenters. The number of rotatable bonds is 1. The fraction of sp³-hybridized carbons (Fsp3) is 0.300. The Labute approximate surface area is 76.5 Å². The first-order chi connectivity index (χ1) is 6.22. The number of methoxy groups -OCH3 is 1. The van der Waals surface area contributed by atoms with Crippen molar-refractivity contribution in [3.63, 3.8) is 0 Å². The quantitative estimate of drug-likeness (QED) is 0.689. The summed E-state index contributed by atoms with van der Waals surface area (Å²) in [7, 11) is 1.61. The minimum Gasteiger partial charge on any atom is -0.497 e. The Morgan fingerprint density at radius 1 is 1.54 bits per heavy atom. The number of hydrogen-bond donors (Lipinski definition) is 1. The van der Waals surface area contributed by atoms with Crippen LogP contribution in [0.5, 0.6) is 5.75 Å². The van der Waals surface area contributed by atoms with Crippen LogP contribution in [0, 0.1) is 0 Å². The predicted octanol–water partition coefficient (Wildman–Crippen LogP) is 0.761. The molecule has 0 bridgehead atoms. The number of nitrogens with two attached hydrogens (primary N) is 1. The van der Waals surface area contributed by atoms with Crippen LogP contribution in [0.1, 0.15) is 15.9 Å². The molecule has 2 N–H and O–H groups in total. The van der Waals surface area contributed by atoms with E-state index in [9.17, 15) is 4.79 Å². The first-order valence-corrected chi connectivity index (χ1v) is 4.19. The number of fused-ring (bicyclic) bond motifs is 1. The molecular weight excluding hydrogens is 166 g/mol. The van der Waals surface area contributed by atoms with Gasteiger partial charge in [0, 0.05) is 5.56 Å². The predicted molar refractivity (Wildman–Crippen MR) is 49.0 cm³/mol. The molecule has 0 spiro atoms. The summed E-state index contributed by atoms with van der Waals surface area (Å²) in [5, 5.41) is 0. The van der Waals surface area contributed by atoms with Crippen LogP contribution in [0.3, 0.4) is 0 Å². The van der Waals surface area contributed by atoms with Crippen LogP contribution in [-0.4, -0.2) is 18.9 Å². The van der Waals surface area contributed by atoms with Gasteiger partial charge in [0.05, 0.1) is 13.2 Å². The summed E-state index contributed by atoms with van der Waals surface area (Å²) in [6, 6.07) is 5.08. The summed E-state index contributed by atoms with van der Waals surface area (Å²) in [6.07, 6.45) is 0.630. The van der Waals surface area contributed by atoms with E-state index in [1.807, 2.05) is 6.07 Å². The van der Waals surface area contributed by atoms with Gasteiger partial charge in [-0.1, -0.05) is 0 Å². The van der Waals surface area contributed by atoms with Gasteiger partial charge in [-0.3, -0.25) is 4.79 Å². The van der Waals surface area contributed by atoms with Crippen LogP contribution in [0.2, 0.25) is 0 Å². The van der Waals surface area contributed by atoms with Gasteiger partial charge in [0.15, 0.2) is 5.78 Å². The van der Waals surface area contributed by atoms with Crippen molar-refractivity contribution in [1.82, 2.24) is 0 Å². The number of Topliss-reactive ketones (excluding diaryl/α,β-unsaturated/α-hetero) is 1. The average molecular weight is 177 g/mol. The van der Waals surface area contributed by atoms with Crippen molar-refractivity contribution >= 4 is 5.78 Å². The summed E-state index contributed by atoms with van der Waals surface area (Å²) in [5.41, 5.74) is 7.37. The molecular formula is C10H11NO2. The lowest BCUT2D eigenvalue weighted by molar-refractivity contribution is 0.0974. The second kappa shape index (κ2) is 2.85. The van der Waals surface area contributed by atoms with Crippen molar-refractivity contribution in [3.05, 3.63) is 29.3 Å². The number of benzene rings is 1. The summed E-state index contributed by atoms with van der Waals surface area (Å²) >= 11 is 0. The minimum atomic E-state index is -0.359. The van der Waals surface area contributed by atoms with Crippen molar-refractivity contribution in [1.29, 1.82) is 0 Å². The number of carbonyl (C=O) groups is 1. The first-order valence-electron chi connectivity index (χ1n) is 4.19. The molecule has 0 fully saturated rings. The lowest BCUT2D eigenvalue weighted by Crippen LogP contribution is -2.26. The first kappa shape index (κ1) is 8.26. The third-order valence-corrected chi connectivity index (χ3v) is 2.35. The number of hydrogen-bond acceptors (Lipinski definition) is 3. The van der Waals surface area contributed by atoms with E-state index in [2.05, 4.69) is 0 Å². The van der Waals surface area contributed by atoms with Crippen molar-refractivity contribution in [3.8, 4) is 5.75 Å². The van der Waals surface area contributed by atoms with Gasteiger partial charge in [-0.05, 0) is 30.2 Å². The lowest BCUT2D eigenvalue weighted by atomic mass is 10.1. The third-order valence-electron chi connectivity index (χ3n) is 2.35. The third kappa shape index (κ3) is 1.21. The molecule has 1 aromatic rings. The molecule has 3 heteroatoms. The summed E-state index contributed by atoms with van der Waals surface area (Å²) < 4.78 is 5.06. The molecule has 13 heavy (non-hydrogen) atoms.